The van der Waals surface area contributed by atoms with Crippen molar-refractivity contribution >= 4 is 40.7 Å². The molecule has 2 unspecified atom stereocenters. The summed E-state index contributed by atoms with van der Waals surface area (Å²) in [4.78, 5) is 84.7. The lowest BCUT2D eigenvalue weighted by molar-refractivity contribution is -0.135. The van der Waals surface area contributed by atoms with E-state index in [1.165, 1.54) is 14.2 Å². The molecule has 14 heteroatoms. The van der Waals surface area contributed by atoms with Crippen LogP contribution in [-0.4, -0.2) is 87.3 Å². The first-order chi connectivity index (χ1) is 29.8. The van der Waals surface area contributed by atoms with Gasteiger partial charge in [0.05, 0.1) is 49.2 Å². The number of H-pyrrole nitrogens is 2. The van der Waals surface area contributed by atoms with Crippen molar-refractivity contribution in [1.29, 1.82) is 0 Å². The highest BCUT2D eigenvalue weighted by atomic mass is 16.5. The fourth-order valence-electron chi connectivity index (χ4n) is 10.7. The third-order valence-corrected chi connectivity index (χ3v) is 13.8. The molecule has 3 aromatic carbocycles. The van der Waals surface area contributed by atoms with E-state index in [0.29, 0.717) is 29.4 Å². The lowest BCUT2D eigenvalue weighted by atomic mass is 9.73. The Balaban J connectivity index is 0.935. The Labute approximate surface area is 360 Å². The van der Waals surface area contributed by atoms with Gasteiger partial charge in [0.25, 0.3) is 0 Å². The van der Waals surface area contributed by atoms with E-state index in [1.807, 2.05) is 76.2 Å². The van der Waals surface area contributed by atoms with Crippen LogP contribution in [0.25, 0.3) is 44.5 Å². The number of aromatic nitrogens is 4. The number of methoxy groups -OCH3 is 2. The van der Waals surface area contributed by atoms with E-state index in [2.05, 4.69) is 26.7 Å². The van der Waals surface area contributed by atoms with Crippen LogP contribution in [0.1, 0.15) is 99.3 Å². The zero-order valence-electron chi connectivity index (χ0n) is 35.9. The number of nitrogens with zero attached hydrogens (tertiary/aromatic N) is 3. The fraction of sp³-hybridized carbons (Fsp3) is 0.438. The van der Waals surface area contributed by atoms with Crippen LogP contribution in [0.3, 0.4) is 0 Å². The highest BCUT2D eigenvalue weighted by Crippen LogP contribution is 2.57. The van der Waals surface area contributed by atoms with E-state index in [-0.39, 0.29) is 53.1 Å². The summed E-state index contributed by atoms with van der Waals surface area (Å²) < 4.78 is 9.63. The van der Waals surface area contributed by atoms with E-state index >= 15 is 0 Å². The van der Waals surface area contributed by atoms with Crippen molar-refractivity contribution in [3.8, 4) is 33.5 Å². The minimum absolute atomic E-state index is 0.0466. The summed E-state index contributed by atoms with van der Waals surface area (Å²) in [7, 11) is 2.59. The molecule has 1 saturated heterocycles. The Kier molecular flexibility index (Phi) is 10.7. The van der Waals surface area contributed by atoms with Crippen molar-refractivity contribution in [1.82, 2.24) is 35.5 Å². The van der Waals surface area contributed by atoms with Crippen LogP contribution in [-0.2, 0) is 19.1 Å². The van der Waals surface area contributed by atoms with Crippen molar-refractivity contribution in [3.05, 3.63) is 83.6 Å². The number of amides is 3. The number of benzene rings is 3. The second kappa shape index (κ2) is 16.2. The highest BCUT2D eigenvalue weighted by Gasteiger charge is 2.54. The molecule has 4 aliphatic rings. The quantitative estimate of drug-likeness (QED) is 0.100. The number of carbonyl (C=O) groups excluding carboxylic acids is 5. The zero-order valence-corrected chi connectivity index (χ0v) is 35.9. The van der Waals surface area contributed by atoms with Gasteiger partial charge in [-0.05, 0) is 102 Å². The van der Waals surface area contributed by atoms with Crippen LogP contribution < -0.4 is 10.6 Å². The number of carbonyl (C=O) groups is 5. The van der Waals surface area contributed by atoms with Crippen LogP contribution in [0.5, 0.6) is 0 Å². The van der Waals surface area contributed by atoms with Gasteiger partial charge in [-0.3, -0.25) is 14.4 Å². The smallest absolute Gasteiger partial charge is 0.407 e. The lowest BCUT2D eigenvalue weighted by Gasteiger charge is -2.32. The molecular formula is C48H53N7O7. The molecule has 62 heavy (non-hydrogen) atoms. The number of hydrogen-bond donors (Lipinski definition) is 4. The standard InChI is InChI=1S/C48H53N7O7/c1-23(2)40(53-47(59)61-5)43(57)38-28-9-10-29(18-28)39(38)45-50-34-16-13-26(21-35(34)51-45)25-11-14-30-31-15-12-27(20-33(31)42(56)32(30)19-25)36-22-49-44(52-36)37-8-7-17-55(37)46(58)41(24(3)4)54-48(60)62-6/h11-16,19-24,28-29,37-41H,7-10,17-18H2,1-6H3,(H,49,52)(H,50,51)(H,53,59)(H,54,60)/t28-,29+,37+,38?,39-,40+,41?/m1/s1. The van der Waals surface area contributed by atoms with Crippen molar-refractivity contribution in [2.75, 3.05) is 20.8 Å². The first kappa shape index (κ1) is 41.1. The molecule has 5 aromatic rings. The molecule has 2 saturated carbocycles. The minimum atomic E-state index is -0.727. The number of likely N-dealkylation sites (tertiary alicyclic amines) is 1. The number of ketones is 2. The molecule has 4 N–H and O–H groups in total. The van der Waals surface area contributed by atoms with Gasteiger partial charge in [-0.15, -0.1) is 0 Å². The Morgan fingerprint density at radius 1 is 0.742 bits per heavy atom. The average Bonchev–Trinajstić information content (AvgIpc) is 4.14. The number of rotatable bonds is 11. The molecule has 2 bridgehead atoms. The molecule has 0 spiro atoms. The van der Waals surface area contributed by atoms with Gasteiger partial charge in [-0.25, -0.2) is 19.6 Å². The van der Waals surface area contributed by atoms with E-state index in [1.54, 1.807) is 11.1 Å². The van der Waals surface area contributed by atoms with Gasteiger partial charge in [0.15, 0.2) is 11.6 Å². The zero-order chi connectivity index (χ0) is 43.6. The SMILES string of the molecule is COC(=O)NC(C(=O)N1CCC[C@H]1c1ncc(-c2ccc3c(c2)C(=O)c2cc(-c4ccc5nc([C@H]6C(C(=O)[C@@H](NC(=O)OC)C(C)C)[C@@H]7CC[C@H]6C7)[nH]c5c4)ccc2-3)[nH]1)C(C)C. The van der Waals surface area contributed by atoms with E-state index < -0.39 is 24.3 Å². The van der Waals surface area contributed by atoms with Crippen LogP contribution in [0.4, 0.5) is 9.59 Å². The predicted octanol–water partition coefficient (Wildman–Crippen LogP) is 7.95. The molecule has 0 radical (unpaired) electrons. The van der Waals surface area contributed by atoms with Gasteiger partial charge < -0.3 is 35.0 Å². The molecule has 3 heterocycles. The third kappa shape index (κ3) is 7.12. The Hall–Kier alpha value is -6.31. The summed E-state index contributed by atoms with van der Waals surface area (Å²) in [6.45, 7) is 8.21. The lowest BCUT2D eigenvalue weighted by Crippen LogP contribution is -2.51. The minimum Gasteiger partial charge on any atom is -0.453 e. The Morgan fingerprint density at radius 3 is 2.06 bits per heavy atom. The fourth-order valence-corrected chi connectivity index (χ4v) is 10.7. The summed E-state index contributed by atoms with van der Waals surface area (Å²) in [6.07, 6.45) is 5.06. The molecule has 14 nitrogen and oxygen atoms in total. The van der Waals surface area contributed by atoms with E-state index in [4.69, 9.17) is 19.4 Å². The van der Waals surface area contributed by atoms with Crippen LogP contribution in [0.2, 0.25) is 0 Å². The van der Waals surface area contributed by atoms with Crippen molar-refractivity contribution in [2.45, 2.75) is 83.8 Å². The summed E-state index contributed by atoms with van der Waals surface area (Å²) >= 11 is 0. The van der Waals surface area contributed by atoms with Crippen LogP contribution >= 0.6 is 0 Å². The molecule has 2 aromatic heterocycles. The van der Waals surface area contributed by atoms with Gasteiger partial charge in [0.1, 0.15) is 17.7 Å². The van der Waals surface area contributed by atoms with Crippen LogP contribution in [0.15, 0.2) is 60.8 Å². The molecule has 1 aliphatic heterocycles. The number of fused-ring (bicyclic) bond motifs is 6. The van der Waals surface area contributed by atoms with Crippen molar-refractivity contribution in [2.24, 2.45) is 29.6 Å². The summed E-state index contributed by atoms with van der Waals surface area (Å²) in [5.74, 6) is 1.35. The second-order valence-electron chi connectivity index (χ2n) is 18.1. The summed E-state index contributed by atoms with van der Waals surface area (Å²) in [5, 5.41) is 5.49. The predicted molar refractivity (Wildman–Crippen MR) is 232 cm³/mol. The Bertz CT molecular complexity index is 2610. The average molecular weight is 840 g/mol. The number of aromatic amines is 2. The molecule has 9 rings (SSSR count). The first-order valence-electron chi connectivity index (χ1n) is 21.8. The first-order valence-corrected chi connectivity index (χ1v) is 21.8. The molecule has 7 atom stereocenters. The van der Waals surface area contributed by atoms with Gasteiger partial charge >= 0.3 is 12.2 Å². The van der Waals surface area contributed by atoms with Gasteiger partial charge in [0.2, 0.25) is 5.91 Å². The number of imidazole rings is 2. The monoisotopic (exact) mass is 839 g/mol. The summed E-state index contributed by atoms with van der Waals surface area (Å²) in [6, 6.07) is 16.3. The maximum atomic E-state index is 14.1. The maximum absolute atomic E-state index is 14.1. The topological polar surface area (TPSA) is 188 Å². The largest absolute Gasteiger partial charge is 0.453 e. The van der Waals surface area contributed by atoms with Crippen LogP contribution in [0, 0.1) is 29.6 Å². The second-order valence-corrected chi connectivity index (χ2v) is 18.1. The number of alkyl carbamates (subject to hydrolysis) is 2. The van der Waals surface area contributed by atoms with E-state index in [0.717, 1.165) is 82.5 Å². The molecule has 3 amide bonds. The molecule has 3 aliphatic carbocycles. The van der Waals surface area contributed by atoms with Gasteiger partial charge in [-0.2, -0.15) is 0 Å². The van der Waals surface area contributed by atoms with Gasteiger partial charge in [0, 0.05) is 35.1 Å². The molecule has 3 fully saturated rings. The van der Waals surface area contributed by atoms with E-state index in [9.17, 15) is 24.0 Å². The third-order valence-electron chi connectivity index (χ3n) is 13.8. The number of ether oxygens (including phenoxy) is 2. The number of Topliss-reactive ketones (excluding diaryl/α,β-unsaturated/α-hetero) is 1. The number of hydrogen-bond acceptors (Lipinski definition) is 9. The number of nitrogens with one attached hydrogen (secondary N) is 4. The highest BCUT2D eigenvalue weighted by molar-refractivity contribution is 6.22. The van der Waals surface area contributed by atoms with Crippen molar-refractivity contribution in [3.63, 3.8) is 0 Å². The molecular weight excluding hydrogens is 787 g/mol. The normalized spacial score (nSPS) is 22.2. The molecule has 322 valence electrons. The maximum Gasteiger partial charge on any atom is 0.407 e. The van der Waals surface area contributed by atoms with Gasteiger partial charge in [-0.1, -0.05) is 58.0 Å². The van der Waals surface area contributed by atoms with Crippen molar-refractivity contribution < 1.29 is 33.4 Å². The Morgan fingerprint density at radius 2 is 1.37 bits per heavy atom. The summed E-state index contributed by atoms with van der Waals surface area (Å²) in [5.41, 5.74) is 8.06.